The zero-order valence-electron chi connectivity index (χ0n) is 20.2. The molecule has 0 spiro atoms. The average Bonchev–Trinajstić information content (AvgIpc) is 2.93. The van der Waals surface area contributed by atoms with Crippen molar-refractivity contribution >= 4 is 50.9 Å². The van der Waals surface area contributed by atoms with Crippen molar-refractivity contribution in [3.8, 4) is 11.5 Å². The number of hydrogen-bond acceptors (Lipinski definition) is 5. The summed E-state index contributed by atoms with van der Waals surface area (Å²) in [6.45, 7) is 0. The van der Waals surface area contributed by atoms with E-state index >= 15 is 0 Å². The van der Waals surface area contributed by atoms with Gasteiger partial charge in [-0.3, -0.25) is 9.59 Å². The van der Waals surface area contributed by atoms with Gasteiger partial charge < -0.3 is 20.1 Å². The maximum absolute atomic E-state index is 13.3. The molecular formula is C29H25BrN2O4S. The fourth-order valence-electron chi connectivity index (χ4n) is 3.60. The zero-order valence-corrected chi connectivity index (χ0v) is 22.6. The van der Waals surface area contributed by atoms with Crippen molar-refractivity contribution in [3.05, 3.63) is 113 Å². The van der Waals surface area contributed by atoms with E-state index in [0.717, 1.165) is 14.9 Å². The summed E-state index contributed by atoms with van der Waals surface area (Å²) >= 11 is 4.92. The molecule has 0 bridgehead atoms. The maximum Gasteiger partial charge on any atom is 0.255 e. The fraction of sp³-hybridized carbons (Fsp3) is 0.103. The number of carbonyl (C=O) groups excluding carboxylic acids is 2. The Morgan fingerprint density at radius 3 is 2.14 bits per heavy atom. The third-order valence-corrected chi connectivity index (χ3v) is 7.44. The van der Waals surface area contributed by atoms with Gasteiger partial charge in [0, 0.05) is 20.6 Å². The number of para-hydroxylation sites is 1. The second kappa shape index (κ2) is 12.5. The first-order valence-electron chi connectivity index (χ1n) is 11.4. The predicted octanol–water partition coefficient (Wildman–Crippen LogP) is 7.19. The van der Waals surface area contributed by atoms with Gasteiger partial charge in [-0.05, 0) is 76.1 Å². The van der Waals surface area contributed by atoms with Crippen molar-refractivity contribution in [2.75, 3.05) is 24.9 Å². The van der Waals surface area contributed by atoms with Gasteiger partial charge in [0.15, 0.2) is 11.5 Å². The van der Waals surface area contributed by atoms with Crippen LogP contribution in [0.1, 0.15) is 21.2 Å². The predicted molar refractivity (Wildman–Crippen MR) is 152 cm³/mol. The maximum atomic E-state index is 13.3. The lowest BCUT2D eigenvalue weighted by molar-refractivity contribution is -0.115. The molecule has 4 aromatic rings. The Hall–Kier alpha value is -3.75. The van der Waals surface area contributed by atoms with E-state index in [4.69, 9.17) is 9.47 Å². The van der Waals surface area contributed by atoms with Gasteiger partial charge in [-0.25, -0.2) is 0 Å². The lowest BCUT2D eigenvalue weighted by atomic mass is 10.1. The third-order valence-electron chi connectivity index (χ3n) is 5.48. The molecule has 2 N–H and O–H groups in total. The molecule has 0 fully saturated rings. The van der Waals surface area contributed by atoms with Crippen LogP contribution in [-0.2, 0) is 4.79 Å². The van der Waals surface area contributed by atoms with Gasteiger partial charge in [0.1, 0.15) is 5.25 Å². The van der Waals surface area contributed by atoms with E-state index in [0.29, 0.717) is 28.4 Å². The summed E-state index contributed by atoms with van der Waals surface area (Å²) in [6.07, 6.45) is 0. The number of rotatable bonds is 9. The molecule has 4 rings (SSSR count). The first-order valence-corrected chi connectivity index (χ1v) is 13.1. The van der Waals surface area contributed by atoms with E-state index in [1.807, 2.05) is 78.9 Å². The highest BCUT2D eigenvalue weighted by atomic mass is 79.9. The van der Waals surface area contributed by atoms with Crippen LogP contribution in [-0.4, -0.2) is 26.0 Å². The number of hydrogen-bond donors (Lipinski definition) is 2. The Morgan fingerprint density at radius 1 is 0.784 bits per heavy atom. The molecule has 2 amide bonds. The number of anilines is 2. The van der Waals surface area contributed by atoms with Crippen molar-refractivity contribution in [2.45, 2.75) is 10.1 Å². The normalized spacial score (nSPS) is 11.3. The second-order valence-electron chi connectivity index (χ2n) is 7.93. The van der Waals surface area contributed by atoms with Crippen molar-refractivity contribution < 1.29 is 19.1 Å². The summed E-state index contributed by atoms with van der Waals surface area (Å²) in [5.74, 6) is 0.636. The molecule has 0 heterocycles. The number of methoxy groups -OCH3 is 2. The molecule has 4 aromatic carbocycles. The minimum absolute atomic E-state index is 0.131. The van der Waals surface area contributed by atoms with Crippen LogP contribution in [0.4, 0.5) is 11.4 Å². The molecule has 0 radical (unpaired) electrons. The van der Waals surface area contributed by atoms with Gasteiger partial charge in [0.05, 0.1) is 19.9 Å². The quantitative estimate of drug-likeness (QED) is 0.206. The average molecular weight is 578 g/mol. The molecule has 0 saturated carbocycles. The van der Waals surface area contributed by atoms with E-state index < -0.39 is 5.25 Å². The number of benzene rings is 4. The molecular weight excluding hydrogens is 552 g/mol. The highest BCUT2D eigenvalue weighted by Gasteiger charge is 2.23. The Bertz CT molecular complexity index is 1380. The number of ether oxygens (including phenoxy) is 2. The summed E-state index contributed by atoms with van der Waals surface area (Å²) in [6, 6.07) is 29.5. The highest BCUT2D eigenvalue weighted by Crippen LogP contribution is 2.37. The molecule has 0 aliphatic carbocycles. The highest BCUT2D eigenvalue weighted by molar-refractivity contribution is 9.10. The molecule has 0 aliphatic rings. The van der Waals surface area contributed by atoms with E-state index in [1.54, 1.807) is 25.3 Å². The Kier molecular flexibility index (Phi) is 8.87. The molecule has 0 aliphatic heterocycles. The molecule has 188 valence electrons. The van der Waals surface area contributed by atoms with Crippen LogP contribution in [0, 0.1) is 0 Å². The van der Waals surface area contributed by atoms with Crippen LogP contribution in [0.3, 0.4) is 0 Å². The van der Waals surface area contributed by atoms with Crippen LogP contribution >= 0.6 is 27.7 Å². The first-order chi connectivity index (χ1) is 18.0. The largest absolute Gasteiger partial charge is 0.493 e. The zero-order chi connectivity index (χ0) is 26.2. The van der Waals surface area contributed by atoms with E-state index in [2.05, 4.69) is 26.6 Å². The number of carbonyl (C=O) groups is 2. The smallest absolute Gasteiger partial charge is 0.255 e. The van der Waals surface area contributed by atoms with E-state index in [1.165, 1.54) is 18.9 Å². The number of amides is 2. The van der Waals surface area contributed by atoms with Gasteiger partial charge in [0.2, 0.25) is 5.91 Å². The Morgan fingerprint density at radius 2 is 1.46 bits per heavy atom. The molecule has 0 saturated heterocycles. The van der Waals surface area contributed by atoms with Crippen molar-refractivity contribution in [3.63, 3.8) is 0 Å². The first kappa shape index (κ1) is 26.3. The fourth-order valence-corrected chi connectivity index (χ4v) is 5.00. The summed E-state index contributed by atoms with van der Waals surface area (Å²) < 4.78 is 11.3. The summed E-state index contributed by atoms with van der Waals surface area (Å²) in [7, 11) is 3.07. The molecule has 6 nitrogen and oxygen atoms in total. The molecule has 37 heavy (non-hydrogen) atoms. The van der Waals surface area contributed by atoms with Gasteiger partial charge in [-0.15, -0.1) is 11.8 Å². The van der Waals surface area contributed by atoms with Gasteiger partial charge in [-0.1, -0.05) is 42.5 Å². The Labute approximate surface area is 228 Å². The lowest BCUT2D eigenvalue weighted by Crippen LogP contribution is -2.19. The van der Waals surface area contributed by atoms with Crippen LogP contribution < -0.4 is 20.1 Å². The van der Waals surface area contributed by atoms with Gasteiger partial charge in [0.25, 0.3) is 5.91 Å². The van der Waals surface area contributed by atoms with Crippen molar-refractivity contribution in [2.24, 2.45) is 0 Å². The molecule has 0 aromatic heterocycles. The summed E-state index contributed by atoms with van der Waals surface area (Å²) in [5, 5.41) is 5.44. The third kappa shape index (κ3) is 6.72. The van der Waals surface area contributed by atoms with E-state index in [-0.39, 0.29) is 11.8 Å². The van der Waals surface area contributed by atoms with E-state index in [9.17, 15) is 9.59 Å². The number of halogens is 1. The van der Waals surface area contributed by atoms with Crippen LogP contribution in [0.15, 0.2) is 106 Å². The standard InChI is InChI=1S/C29H25BrN2O4S/c1-35-25-17-12-20(18-26(25)36-2)28(33)31-21-13-15-22(16-14-21)37-27(19-8-4-3-5-9-19)29(34)32-24-11-7-6-10-23(24)30/h3-18,27H,1-2H3,(H,31,33)(H,32,34). The molecule has 8 heteroatoms. The topological polar surface area (TPSA) is 76.7 Å². The summed E-state index contributed by atoms with van der Waals surface area (Å²) in [5.41, 5.74) is 2.69. The van der Waals surface area contributed by atoms with Crippen LogP contribution in [0.25, 0.3) is 0 Å². The minimum Gasteiger partial charge on any atom is -0.493 e. The second-order valence-corrected chi connectivity index (χ2v) is 9.96. The van der Waals surface area contributed by atoms with Crippen LogP contribution in [0.5, 0.6) is 11.5 Å². The Balaban J connectivity index is 1.48. The monoisotopic (exact) mass is 576 g/mol. The molecule has 1 atom stereocenters. The van der Waals surface area contributed by atoms with Crippen molar-refractivity contribution in [1.29, 1.82) is 0 Å². The van der Waals surface area contributed by atoms with Gasteiger partial charge >= 0.3 is 0 Å². The minimum atomic E-state index is -0.472. The lowest BCUT2D eigenvalue weighted by Gasteiger charge is -2.18. The van der Waals surface area contributed by atoms with Crippen LogP contribution in [0.2, 0.25) is 0 Å². The van der Waals surface area contributed by atoms with Gasteiger partial charge in [-0.2, -0.15) is 0 Å². The van der Waals surface area contributed by atoms with Crippen molar-refractivity contribution in [1.82, 2.24) is 0 Å². The summed E-state index contributed by atoms with van der Waals surface area (Å²) in [4.78, 5) is 26.9. The number of nitrogens with one attached hydrogen (secondary N) is 2. The SMILES string of the molecule is COc1ccc(C(=O)Nc2ccc(SC(C(=O)Nc3ccccc3Br)c3ccccc3)cc2)cc1OC. The number of thioether (sulfide) groups is 1. The molecule has 1 unspecified atom stereocenters.